The summed E-state index contributed by atoms with van der Waals surface area (Å²) >= 11 is 6.61. The van der Waals surface area contributed by atoms with Gasteiger partial charge in [0.25, 0.3) is 5.22 Å². The predicted molar refractivity (Wildman–Crippen MR) is 74.5 cm³/mol. The van der Waals surface area contributed by atoms with Crippen LogP contribution in [0.3, 0.4) is 0 Å². The highest BCUT2D eigenvalue weighted by Crippen LogP contribution is 2.24. The molecule has 0 atom stereocenters. The van der Waals surface area contributed by atoms with Crippen LogP contribution in [0.4, 0.5) is 13.2 Å². The van der Waals surface area contributed by atoms with Crippen molar-refractivity contribution in [3.05, 3.63) is 29.3 Å². The van der Waals surface area contributed by atoms with Gasteiger partial charge in [-0.15, -0.1) is 10.2 Å². The normalized spacial score (nSPS) is 11.5. The van der Waals surface area contributed by atoms with Gasteiger partial charge in [-0.2, -0.15) is 13.2 Å². The largest absolute Gasteiger partial charge is 0.411 e. The zero-order chi connectivity index (χ0) is 16.2. The van der Waals surface area contributed by atoms with Crippen molar-refractivity contribution in [1.29, 1.82) is 0 Å². The van der Waals surface area contributed by atoms with Gasteiger partial charge in [0.15, 0.2) is 0 Å². The summed E-state index contributed by atoms with van der Waals surface area (Å²) < 4.78 is 41.1. The van der Waals surface area contributed by atoms with E-state index in [4.69, 9.17) is 16.0 Å². The Hall–Kier alpha value is -1.74. The molecule has 0 aliphatic carbocycles. The molecule has 2 rings (SSSR count). The number of alkyl halides is 3. The number of halogens is 4. The quantitative estimate of drug-likeness (QED) is 0.838. The van der Waals surface area contributed by atoms with Crippen LogP contribution in [0.1, 0.15) is 0 Å². The van der Waals surface area contributed by atoms with E-state index < -0.39 is 18.6 Å². The summed E-state index contributed by atoms with van der Waals surface area (Å²) in [4.78, 5) is 11.2. The molecule has 1 heterocycles. The van der Waals surface area contributed by atoms with Gasteiger partial charge in [-0.25, -0.2) is 0 Å². The molecule has 118 valence electrons. The summed E-state index contributed by atoms with van der Waals surface area (Å²) in [5.41, 5.74) is 0.644. The van der Waals surface area contributed by atoms with E-state index in [0.29, 0.717) is 10.6 Å². The molecule has 0 spiro atoms. The van der Waals surface area contributed by atoms with Crippen LogP contribution in [-0.2, 0) is 4.79 Å². The summed E-state index contributed by atoms with van der Waals surface area (Å²) in [6.45, 7) is -1.37. The Morgan fingerprint density at radius 3 is 2.59 bits per heavy atom. The lowest BCUT2D eigenvalue weighted by atomic mass is 10.2. The smallest absolute Gasteiger partial charge is 0.405 e. The first kappa shape index (κ1) is 16.6. The summed E-state index contributed by atoms with van der Waals surface area (Å²) in [6, 6.07) is 6.66. The van der Waals surface area contributed by atoms with Crippen LogP contribution in [0.25, 0.3) is 11.5 Å². The van der Waals surface area contributed by atoms with Gasteiger partial charge in [0.2, 0.25) is 11.8 Å². The number of carbonyl (C=O) groups excluding carboxylic acids is 1. The van der Waals surface area contributed by atoms with Crippen LogP contribution in [0.15, 0.2) is 33.9 Å². The van der Waals surface area contributed by atoms with Crippen LogP contribution in [0.2, 0.25) is 5.02 Å². The van der Waals surface area contributed by atoms with Gasteiger partial charge in [0.1, 0.15) is 6.54 Å². The Bertz CT molecular complexity index is 646. The topological polar surface area (TPSA) is 68.0 Å². The number of nitrogens with one attached hydrogen (secondary N) is 1. The van der Waals surface area contributed by atoms with E-state index in [2.05, 4.69) is 10.2 Å². The number of hydrogen-bond donors (Lipinski definition) is 1. The average molecular weight is 352 g/mol. The zero-order valence-electron chi connectivity index (χ0n) is 10.9. The van der Waals surface area contributed by atoms with Gasteiger partial charge in [0, 0.05) is 10.6 Å². The lowest BCUT2D eigenvalue weighted by molar-refractivity contribution is -0.136. The van der Waals surface area contributed by atoms with E-state index in [0.717, 1.165) is 11.8 Å². The molecule has 0 aliphatic heterocycles. The Balaban J connectivity index is 1.87. The van der Waals surface area contributed by atoms with Crippen LogP contribution in [-0.4, -0.2) is 34.6 Å². The number of amides is 1. The fraction of sp³-hybridized carbons (Fsp3) is 0.250. The minimum atomic E-state index is -4.44. The lowest BCUT2D eigenvalue weighted by Crippen LogP contribution is -2.34. The van der Waals surface area contributed by atoms with Gasteiger partial charge in [-0.3, -0.25) is 4.79 Å². The van der Waals surface area contributed by atoms with Crippen molar-refractivity contribution < 1.29 is 22.4 Å². The highest BCUT2D eigenvalue weighted by Gasteiger charge is 2.27. The van der Waals surface area contributed by atoms with Gasteiger partial charge < -0.3 is 9.73 Å². The molecule has 1 N–H and O–H groups in total. The standard InChI is InChI=1S/C12H9ClF3N3O2S/c13-8-3-1-7(2-4-8)10-18-19-11(21-10)22-5-9(20)17-6-12(14,15)16/h1-4H,5-6H2,(H,17,20). The highest BCUT2D eigenvalue weighted by atomic mass is 35.5. The maximum Gasteiger partial charge on any atom is 0.405 e. The van der Waals surface area contributed by atoms with Crippen molar-refractivity contribution in [3.8, 4) is 11.5 Å². The Morgan fingerprint density at radius 1 is 1.27 bits per heavy atom. The van der Waals surface area contributed by atoms with E-state index in [1.807, 2.05) is 0 Å². The van der Waals surface area contributed by atoms with Crippen molar-refractivity contribution in [2.75, 3.05) is 12.3 Å². The predicted octanol–water partition coefficient (Wildman–Crippen LogP) is 3.16. The third kappa shape index (κ3) is 5.23. The van der Waals surface area contributed by atoms with Gasteiger partial charge >= 0.3 is 6.18 Å². The van der Waals surface area contributed by atoms with Crippen molar-refractivity contribution in [1.82, 2.24) is 15.5 Å². The fourth-order valence-corrected chi connectivity index (χ4v) is 2.07. The molecule has 5 nitrogen and oxygen atoms in total. The van der Waals surface area contributed by atoms with Crippen molar-refractivity contribution >= 4 is 29.3 Å². The third-order valence-electron chi connectivity index (χ3n) is 2.31. The molecule has 2 aromatic rings. The second kappa shape index (κ2) is 7.01. The number of carbonyl (C=O) groups is 1. The first-order valence-electron chi connectivity index (χ1n) is 5.89. The second-order valence-corrected chi connectivity index (χ2v) is 5.42. The molecule has 1 aromatic heterocycles. The maximum absolute atomic E-state index is 11.9. The van der Waals surface area contributed by atoms with Gasteiger partial charge in [0.05, 0.1) is 5.75 Å². The summed E-state index contributed by atoms with van der Waals surface area (Å²) in [5, 5.41) is 9.89. The molecule has 0 fully saturated rings. The molecule has 0 bridgehead atoms. The highest BCUT2D eigenvalue weighted by molar-refractivity contribution is 7.99. The SMILES string of the molecule is O=C(CSc1nnc(-c2ccc(Cl)cc2)o1)NCC(F)(F)F. The van der Waals surface area contributed by atoms with Gasteiger partial charge in [-0.05, 0) is 24.3 Å². The van der Waals surface area contributed by atoms with Gasteiger partial charge in [-0.1, -0.05) is 23.4 Å². The van der Waals surface area contributed by atoms with E-state index in [-0.39, 0.29) is 16.9 Å². The van der Waals surface area contributed by atoms with E-state index in [9.17, 15) is 18.0 Å². The molecule has 0 radical (unpaired) electrons. The zero-order valence-corrected chi connectivity index (χ0v) is 12.4. The first-order valence-corrected chi connectivity index (χ1v) is 7.25. The number of benzene rings is 1. The fourth-order valence-electron chi connectivity index (χ4n) is 1.35. The summed E-state index contributed by atoms with van der Waals surface area (Å²) in [7, 11) is 0. The second-order valence-electron chi connectivity index (χ2n) is 4.06. The molecular weight excluding hydrogens is 343 g/mol. The monoisotopic (exact) mass is 351 g/mol. The summed E-state index contributed by atoms with van der Waals surface area (Å²) in [6.07, 6.45) is -4.44. The molecule has 10 heteroatoms. The molecule has 0 unspecified atom stereocenters. The van der Waals surface area contributed by atoms with Crippen LogP contribution >= 0.6 is 23.4 Å². The summed E-state index contributed by atoms with van der Waals surface area (Å²) in [5.74, 6) is -0.790. The average Bonchev–Trinajstić information content (AvgIpc) is 2.92. The minimum absolute atomic E-state index is 0.0899. The Morgan fingerprint density at radius 2 is 1.95 bits per heavy atom. The third-order valence-corrected chi connectivity index (χ3v) is 3.38. The molecule has 0 saturated heterocycles. The van der Waals surface area contributed by atoms with Crippen molar-refractivity contribution in [2.24, 2.45) is 0 Å². The lowest BCUT2D eigenvalue weighted by Gasteiger charge is -2.06. The molecule has 0 saturated carbocycles. The van der Waals surface area contributed by atoms with E-state index in [1.165, 1.54) is 0 Å². The Kier molecular flexibility index (Phi) is 5.30. The van der Waals surface area contributed by atoms with Crippen LogP contribution < -0.4 is 5.32 Å². The van der Waals surface area contributed by atoms with Crippen LogP contribution in [0.5, 0.6) is 0 Å². The maximum atomic E-state index is 11.9. The molecule has 0 aliphatic rings. The first-order chi connectivity index (χ1) is 10.3. The minimum Gasteiger partial charge on any atom is -0.411 e. The van der Waals surface area contributed by atoms with Crippen molar-refractivity contribution in [2.45, 2.75) is 11.4 Å². The molecule has 22 heavy (non-hydrogen) atoms. The van der Waals surface area contributed by atoms with Crippen molar-refractivity contribution in [3.63, 3.8) is 0 Å². The number of aromatic nitrogens is 2. The number of rotatable bonds is 5. The van der Waals surface area contributed by atoms with E-state index >= 15 is 0 Å². The van der Waals surface area contributed by atoms with Crippen LogP contribution in [0, 0.1) is 0 Å². The number of hydrogen-bond acceptors (Lipinski definition) is 5. The molecule has 1 amide bonds. The molecule has 1 aromatic carbocycles. The number of nitrogens with zero attached hydrogens (tertiary/aromatic N) is 2. The van der Waals surface area contributed by atoms with E-state index in [1.54, 1.807) is 29.6 Å². The Labute approximate surface area is 132 Å². The number of thioether (sulfide) groups is 1. The molecular formula is C12H9ClF3N3O2S.